The second-order valence-electron chi connectivity index (χ2n) is 3.08. The smallest absolute Gasteiger partial charge is 0.0243 e. The second kappa shape index (κ2) is 2.93. The summed E-state index contributed by atoms with van der Waals surface area (Å²) < 4.78 is 0. The molecule has 1 aliphatic rings. The number of thiol groups is 1. The average molecular weight is 145 g/mol. The van der Waals surface area contributed by atoms with Gasteiger partial charge in [-0.3, -0.25) is 0 Å². The summed E-state index contributed by atoms with van der Waals surface area (Å²) >= 11 is 4.22. The molecule has 0 heterocycles. The average Bonchev–Trinajstić information content (AvgIpc) is 1.90. The van der Waals surface area contributed by atoms with Crippen molar-refractivity contribution < 1.29 is 0 Å². The van der Waals surface area contributed by atoms with Gasteiger partial charge in [-0.15, -0.1) is 0 Å². The van der Waals surface area contributed by atoms with Gasteiger partial charge in [-0.25, -0.2) is 0 Å². The minimum Gasteiger partial charge on any atom is -0.324 e. The van der Waals surface area contributed by atoms with Crippen LogP contribution >= 0.6 is 12.6 Å². The molecule has 9 heavy (non-hydrogen) atoms. The molecule has 0 aliphatic heterocycles. The van der Waals surface area contributed by atoms with E-state index >= 15 is 0 Å². The van der Waals surface area contributed by atoms with Crippen LogP contribution in [0.3, 0.4) is 0 Å². The van der Waals surface area contributed by atoms with E-state index in [1.165, 1.54) is 32.1 Å². The highest BCUT2D eigenvalue weighted by Gasteiger charge is 2.24. The molecule has 2 N–H and O–H groups in total. The first kappa shape index (κ1) is 7.42. The highest BCUT2D eigenvalue weighted by Crippen LogP contribution is 2.26. The summed E-state index contributed by atoms with van der Waals surface area (Å²) in [7, 11) is 0. The molecular formula is C7H15NS. The normalized spacial score (nSPS) is 26.0. The Morgan fingerprint density at radius 3 is 2.11 bits per heavy atom. The highest BCUT2D eigenvalue weighted by molar-refractivity contribution is 7.80. The zero-order valence-corrected chi connectivity index (χ0v) is 6.66. The van der Waals surface area contributed by atoms with Crippen molar-refractivity contribution in [3.8, 4) is 0 Å². The molecule has 0 aromatic carbocycles. The van der Waals surface area contributed by atoms with E-state index in [4.69, 9.17) is 5.73 Å². The Bertz CT molecular complexity index is 86.9. The van der Waals surface area contributed by atoms with Crippen molar-refractivity contribution in [2.24, 2.45) is 5.73 Å². The maximum absolute atomic E-state index is 5.98. The third-order valence-electron chi connectivity index (χ3n) is 2.16. The Morgan fingerprint density at radius 2 is 1.78 bits per heavy atom. The maximum Gasteiger partial charge on any atom is 0.0243 e. The number of rotatable bonds is 1. The van der Waals surface area contributed by atoms with Crippen molar-refractivity contribution in [1.82, 2.24) is 0 Å². The van der Waals surface area contributed by atoms with Crippen LogP contribution in [-0.2, 0) is 0 Å². The van der Waals surface area contributed by atoms with Gasteiger partial charge in [0.2, 0.25) is 0 Å². The van der Waals surface area contributed by atoms with Crippen molar-refractivity contribution in [2.45, 2.75) is 37.6 Å². The van der Waals surface area contributed by atoms with E-state index in [2.05, 4.69) is 12.6 Å². The molecule has 1 nitrogen and oxygen atoms in total. The van der Waals surface area contributed by atoms with Crippen molar-refractivity contribution in [3.63, 3.8) is 0 Å². The number of hydrogen-bond donors (Lipinski definition) is 2. The predicted octanol–water partition coefficient (Wildman–Crippen LogP) is 1.58. The van der Waals surface area contributed by atoms with Gasteiger partial charge in [-0.05, 0) is 12.8 Å². The van der Waals surface area contributed by atoms with Crippen LogP contribution < -0.4 is 5.73 Å². The molecule has 0 unspecified atom stereocenters. The Balaban J connectivity index is 2.37. The third kappa shape index (κ3) is 1.87. The quantitative estimate of drug-likeness (QED) is 0.538. The zero-order chi connectivity index (χ0) is 6.74. The lowest BCUT2D eigenvalue weighted by Gasteiger charge is -2.31. The first-order valence-electron chi connectivity index (χ1n) is 3.67. The first-order chi connectivity index (χ1) is 4.27. The Hall–Kier alpha value is 0.310. The van der Waals surface area contributed by atoms with E-state index in [1.807, 2.05) is 0 Å². The number of nitrogens with two attached hydrogens (primary N) is 1. The Morgan fingerprint density at radius 1 is 1.22 bits per heavy atom. The molecule has 1 rings (SSSR count). The zero-order valence-electron chi connectivity index (χ0n) is 5.77. The van der Waals surface area contributed by atoms with E-state index in [1.54, 1.807) is 0 Å². The van der Waals surface area contributed by atoms with Crippen LogP contribution in [0.4, 0.5) is 0 Å². The summed E-state index contributed by atoms with van der Waals surface area (Å²) in [5, 5.41) is 0. The lowest BCUT2D eigenvalue weighted by Crippen LogP contribution is -2.43. The molecule has 0 radical (unpaired) electrons. The van der Waals surface area contributed by atoms with Gasteiger partial charge >= 0.3 is 0 Å². The van der Waals surface area contributed by atoms with E-state index in [0.29, 0.717) is 0 Å². The van der Waals surface area contributed by atoms with Gasteiger partial charge in [0.05, 0.1) is 0 Å². The molecule has 0 saturated heterocycles. The molecular weight excluding hydrogens is 130 g/mol. The van der Waals surface area contributed by atoms with Gasteiger partial charge in [-0.1, -0.05) is 19.3 Å². The molecule has 1 saturated carbocycles. The largest absolute Gasteiger partial charge is 0.324 e. The SMILES string of the molecule is NC1(CS)CCCCC1. The van der Waals surface area contributed by atoms with Crippen LogP contribution in [0.25, 0.3) is 0 Å². The fourth-order valence-corrected chi connectivity index (χ4v) is 1.73. The number of hydrogen-bond acceptors (Lipinski definition) is 2. The molecule has 0 atom stereocenters. The molecule has 0 aromatic heterocycles. The van der Waals surface area contributed by atoms with E-state index in [9.17, 15) is 0 Å². The predicted molar refractivity (Wildman–Crippen MR) is 43.9 cm³/mol. The van der Waals surface area contributed by atoms with Crippen molar-refractivity contribution in [2.75, 3.05) is 5.75 Å². The molecule has 0 aromatic rings. The summed E-state index contributed by atoms with van der Waals surface area (Å²) in [5.41, 5.74) is 6.07. The minimum atomic E-state index is 0.0847. The Labute approximate surface area is 62.4 Å². The maximum atomic E-state index is 5.98. The van der Waals surface area contributed by atoms with Crippen molar-refractivity contribution in [1.29, 1.82) is 0 Å². The minimum absolute atomic E-state index is 0.0847. The second-order valence-corrected chi connectivity index (χ2v) is 3.40. The van der Waals surface area contributed by atoms with Gasteiger partial charge < -0.3 is 5.73 Å². The summed E-state index contributed by atoms with van der Waals surface area (Å²) in [6.07, 6.45) is 6.33. The van der Waals surface area contributed by atoms with Crippen LogP contribution in [0.2, 0.25) is 0 Å². The van der Waals surface area contributed by atoms with Gasteiger partial charge in [-0.2, -0.15) is 12.6 Å². The van der Waals surface area contributed by atoms with Crippen LogP contribution in [-0.4, -0.2) is 11.3 Å². The lowest BCUT2D eigenvalue weighted by molar-refractivity contribution is 0.329. The molecule has 0 bridgehead atoms. The fourth-order valence-electron chi connectivity index (χ4n) is 1.41. The molecule has 54 valence electrons. The summed E-state index contributed by atoms with van der Waals surface area (Å²) in [4.78, 5) is 0. The topological polar surface area (TPSA) is 26.0 Å². The summed E-state index contributed by atoms with van der Waals surface area (Å²) in [5.74, 6) is 0.854. The van der Waals surface area contributed by atoms with E-state index in [0.717, 1.165) is 5.75 Å². The standard InChI is InChI=1S/C7H15NS/c8-7(6-9)4-2-1-3-5-7/h9H,1-6,8H2. The fraction of sp³-hybridized carbons (Fsp3) is 1.00. The third-order valence-corrected chi connectivity index (χ3v) is 2.79. The van der Waals surface area contributed by atoms with Crippen molar-refractivity contribution >= 4 is 12.6 Å². The first-order valence-corrected chi connectivity index (χ1v) is 4.30. The Kier molecular flexibility index (Phi) is 2.42. The van der Waals surface area contributed by atoms with Crippen LogP contribution in [0, 0.1) is 0 Å². The summed E-state index contributed by atoms with van der Waals surface area (Å²) in [6.45, 7) is 0. The van der Waals surface area contributed by atoms with Crippen LogP contribution in [0.5, 0.6) is 0 Å². The van der Waals surface area contributed by atoms with Crippen molar-refractivity contribution in [3.05, 3.63) is 0 Å². The molecule has 1 fully saturated rings. The lowest BCUT2D eigenvalue weighted by atomic mass is 9.84. The van der Waals surface area contributed by atoms with Gasteiger partial charge in [0.15, 0.2) is 0 Å². The summed E-state index contributed by atoms with van der Waals surface area (Å²) in [6, 6.07) is 0. The monoisotopic (exact) mass is 145 g/mol. The van der Waals surface area contributed by atoms with E-state index in [-0.39, 0.29) is 5.54 Å². The van der Waals surface area contributed by atoms with Gasteiger partial charge in [0.1, 0.15) is 0 Å². The van der Waals surface area contributed by atoms with Crippen LogP contribution in [0.1, 0.15) is 32.1 Å². The van der Waals surface area contributed by atoms with Gasteiger partial charge in [0, 0.05) is 11.3 Å². The van der Waals surface area contributed by atoms with Crippen LogP contribution in [0.15, 0.2) is 0 Å². The van der Waals surface area contributed by atoms with E-state index < -0.39 is 0 Å². The molecule has 1 aliphatic carbocycles. The molecule has 2 heteroatoms. The molecule has 0 amide bonds. The highest BCUT2D eigenvalue weighted by atomic mass is 32.1. The van der Waals surface area contributed by atoms with Gasteiger partial charge in [0.25, 0.3) is 0 Å². The molecule has 0 spiro atoms.